The van der Waals surface area contributed by atoms with Crippen molar-refractivity contribution < 1.29 is 36.6 Å². The van der Waals surface area contributed by atoms with Gasteiger partial charge in [0.2, 0.25) is 0 Å². The minimum absolute atomic E-state index is 0.265. The lowest BCUT2D eigenvalue weighted by atomic mass is 9.81. The van der Waals surface area contributed by atoms with Gasteiger partial charge < -0.3 is 15.2 Å². The molecule has 0 aliphatic carbocycles. The summed E-state index contributed by atoms with van der Waals surface area (Å²) >= 11 is 0. The number of esters is 2. The summed E-state index contributed by atoms with van der Waals surface area (Å²) in [5, 5.41) is 9.94. The summed E-state index contributed by atoms with van der Waals surface area (Å²) < 4.78 is 65.1. The van der Waals surface area contributed by atoms with Crippen LogP contribution in [0.3, 0.4) is 0 Å². The molecule has 3 rings (SSSR count). The Morgan fingerprint density at radius 3 is 2.20 bits per heavy atom. The number of alkyl halides is 3. The molecule has 0 aromatic heterocycles. The smallest absolute Gasteiger partial charge is 0.416 e. The van der Waals surface area contributed by atoms with Gasteiger partial charge in [-0.25, -0.2) is 14.0 Å². The number of nitrogens with two attached hydrogens (primary N) is 1. The van der Waals surface area contributed by atoms with E-state index in [0.29, 0.717) is 22.6 Å². The van der Waals surface area contributed by atoms with Crippen LogP contribution in [0, 0.1) is 24.1 Å². The van der Waals surface area contributed by atoms with Gasteiger partial charge in [-0.15, -0.1) is 0 Å². The maximum atomic E-state index is 14.6. The molecule has 2 N–H and O–H groups in total. The number of hydrogen-bond donors (Lipinski definition) is 1. The van der Waals surface area contributed by atoms with Gasteiger partial charge in [-0.05, 0) is 30.2 Å². The quantitative estimate of drug-likeness (QED) is 0.510. The first kappa shape index (κ1) is 25.3. The Hall–Kier alpha value is -4.33. The third-order valence-corrected chi connectivity index (χ3v) is 5.50. The van der Waals surface area contributed by atoms with Gasteiger partial charge in [0.1, 0.15) is 17.3 Å². The van der Waals surface area contributed by atoms with E-state index in [0.717, 1.165) is 21.1 Å². The molecule has 0 saturated carbocycles. The summed E-state index contributed by atoms with van der Waals surface area (Å²) in [7, 11) is 2.01. The van der Waals surface area contributed by atoms with E-state index in [9.17, 15) is 32.4 Å². The van der Waals surface area contributed by atoms with E-state index in [1.54, 1.807) is 30.3 Å². The SMILES string of the molecule is COC(=O)C1=C(C(=O)OC)N(c2cc(F)c(C)c(C(F)(F)F)c2)C(N)=C(C#N)C1c1ccccc1. The van der Waals surface area contributed by atoms with E-state index in [-0.39, 0.29) is 5.57 Å². The van der Waals surface area contributed by atoms with Gasteiger partial charge in [-0.2, -0.15) is 18.4 Å². The van der Waals surface area contributed by atoms with Crippen molar-refractivity contribution in [2.24, 2.45) is 5.73 Å². The fourth-order valence-electron chi connectivity index (χ4n) is 3.87. The van der Waals surface area contributed by atoms with Crippen molar-refractivity contribution in [1.29, 1.82) is 5.26 Å². The highest BCUT2D eigenvalue weighted by Crippen LogP contribution is 2.44. The highest BCUT2D eigenvalue weighted by molar-refractivity contribution is 6.06. The van der Waals surface area contributed by atoms with Crippen LogP contribution in [-0.4, -0.2) is 26.2 Å². The first-order valence-corrected chi connectivity index (χ1v) is 10.0. The summed E-state index contributed by atoms with van der Waals surface area (Å²) in [5.74, 6) is -5.16. The number of rotatable bonds is 4. The van der Waals surface area contributed by atoms with Crippen molar-refractivity contribution in [3.63, 3.8) is 0 Å². The van der Waals surface area contributed by atoms with Crippen LogP contribution in [0.5, 0.6) is 0 Å². The van der Waals surface area contributed by atoms with Gasteiger partial charge in [0.25, 0.3) is 0 Å². The van der Waals surface area contributed by atoms with Crippen LogP contribution in [0.25, 0.3) is 0 Å². The number of nitrogens with zero attached hydrogens (tertiary/aromatic N) is 2. The molecule has 7 nitrogen and oxygen atoms in total. The van der Waals surface area contributed by atoms with Crippen LogP contribution >= 0.6 is 0 Å². The van der Waals surface area contributed by atoms with Crippen LogP contribution in [0.1, 0.15) is 22.6 Å². The van der Waals surface area contributed by atoms with E-state index in [4.69, 9.17) is 15.2 Å². The molecule has 2 aromatic rings. The van der Waals surface area contributed by atoms with Gasteiger partial charge >= 0.3 is 18.1 Å². The average molecular weight is 489 g/mol. The van der Waals surface area contributed by atoms with Gasteiger partial charge in [0.05, 0.1) is 48.6 Å². The molecule has 0 amide bonds. The summed E-state index contributed by atoms with van der Waals surface area (Å²) in [6.45, 7) is 0.945. The van der Waals surface area contributed by atoms with E-state index in [1.165, 1.54) is 0 Å². The number of nitriles is 1. The molecule has 1 aliphatic heterocycles. The third-order valence-electron chi connectivity index (χ3n) is 5.50. The van der Waals surface area contributed by atoms with Crippen molar-refractivity contribution >= 4 is 17.6 Å². The van der Waals surface area contributed by atoms with Gasteiger partial charge in [-0.3, -0.25) is 4.90 Å². The summed E-state index contributed by atoms with van der Waals surface area (Å²) in [4.78, 5) is 26.6. The molecule has 182 valence electrons. The highest BCUT2D eigenvalue weighted by atomic mass is 19.4. The van der Waals surface area contributed by atoms with Crippen molar-refractivity contribution in [1.82, 2.24) is 0 Å². The van der Waals surface area contributed by atoms with E-state index in [2.05, 4.69) is 0 Å². The Morgan fingerprint density at radius 1 is 1.09 bits per heavy atom. The van der Waals surface area contributed by atoms with Crippen molar-refractivity contribution in [3.05, 3.63) is 87.6 Å². The first-order valence-electron chi connectivity index (χ1n) is 10.0. The molecule has 11 heteroatoms. The number of halogens is 4. The number of carbonyl (C=O) groups excluding carboxylic acids is 2. The molecule has 1 unspecified atom stereocenters. The van der Waals surface area contributed by atoms with Crippen molar-refractivity contribution in [2.45, 2.75) is 19.0 Å². The Balaban J connectivity index is 2.47. The lowest BCUT2D eigenvalue weighted by Gasteiger charge is -2.36. The van der Waals surface area contributed by atoms with Crippen LogP contribution in [-0.2, 0) is 25.2 Å². The molecule has 0 saturated heterocycles. The molecule has 0 spiro atoms. The fraction of sp³-hybridized carbons (Fsp3) is 0.208. The maximum Gasteiger partial charge on any atom is 0.416 e. The zero-order valence-corrected chi connectivity index (χ0v) is 18.7. The fourth-order valence-corrected chi connectivity index (χ4v) is 3.87. The summed E-state index contributed by atoms with van der Waals surface area (Å²) in [6.07, 6.45) is -4.94. The Morgan fingerprint density at radius 2 is 1.69 bits per heavy atom. The molecule has 1 heterocycles. The molecule has 35 heavy (non-hydrogen) atoms. The standard InChI is InChI=1S/C24H19F4N3O4/c1-12-16(24(26,27)28)9-14(10-17(12)25)31-20(23(33)35-3)19(22(32)34-2)18(15(11-29)21(31)30)13-7-5-4-6-8-13/h4-10,18H,30H2,1-3H3. The number of benzene rings is 2. The van der Waals surface area contributed by atoms with Gasteiger partial charge in [0.15, 0.2) is 0 Å². The number of methoxy groups -OCH3 is 2. The Labute approximate surface area is 197 Å². The minimum Gasteiger partial charge on any atom is -0.466 e. The molecule has 2 aromatic carbocycles. The van der Waals surface area contributed by atoms with Crippen molar-refractivity contribution in [3.8, 4) is 6.07 Å². The van der Waals surface area contributed by atoms with Crippen LogP contribution < -0.4 is 10.6 Å². The van der Waals surface area contributed by atoms with Crippen LogP contribution in [0.4, 0.5) is 23.2 Å². The lowest BCUT2D eigenvalue weighted by Crippen LogP contribution is -2.41. The number of anilines is 1. The zero-order valence-electron chi connectivity index (χ0n) is 18.7. The topological polar surface area (TPSA) is 106 Å². The number of carbonyl (C=O) groups is 2. The average Bonchev–Trinajstić information content (AvgIpc) is 2.83. The van der Waals surface area contributed by atoms with Crippen LogP contribution in [0.2, 0.25) is 0 Å². The predicted octanol–water partition coefficient (Wildman–Crippen LogP) is 4.05. The molecule has 1 aliphatic rings. The van der Waals surface area contributed by atoms with Gasteiger partial charge in [0, 0.05) is 0 Å². The number of hydrogen-bond acceptors (Lipinski definition) is 7. The number of ether oxygens (including phenoxy) is 2. The number of allylic oxidation sites excluding steroid dienone is 1. The molecule has 1 atom stereocenters. The summed E-state index contributed by atoms with van der Waals surface area (Å²) in [5.41, 5.74) is 2.75. The highest BCUT2D eigenvalue weighted by Gasteiger charge is 2.44. The lowest BCUT2D eigenvalue weighted by molar-refractivity contribution is -0.139. The maximum absolute atomic E-state index is 14.6. The molecular formula is C24H19F4N3O4. The van der Waals surface area contributed by atoms with E-state index >= 15 is 0 Å². The molecule has 0 bridgehead atoms. The first-order chi connectivity index (χ1) is 16.5. The molecule has 0 radical (unpaired) electrons. The second kappa shape index (κ2) is 9.50. The Bertz CT molecular complexity index is 1290. The largest absolute Gasteiger partial charge is 0.466 e. The molecular weight excluding hydrogens is 470 g/mol. The van der Waals surface area contributed by atoms with E-state index < -0.39 is 63.8 Å². The zero-order chi connectivity index (χ0) is 26.1. The monoisotopic (exact) mass is 489 g/mol. The molecule has 0 fully saturated rings. The third kappa shape index (κ3) is 4.42. The predicted molar refractivity (Wildman–Crippen MR) is 116 cm³/mol. The van der Waals surface area contributed by atoms with Gasteiger partial charge in [-0.1, -0.05) is 30.3 Å². The second-order valence-electron chi connectivity index (χ2n) is 7.43. The van der Waals surface area contributed by atoms with E-state index in [1.807, 2.05) is 6.07 Å². The normalized spacial score (nSPS) is 16.2. The Kier molecular flexibility index (Phi) is 6.87. The van der Waals surface area contributed by atoms with Crippen molar-refractivity contribution in [2.75, 3.05) is 19.1 Å². The van der Waals surface area contributed by atoms with Crippen LogP contribution in [0.15, 0.2) is 65.1 Å². The minimum atomic E-state index is -4.94. The summed E-state index contributed by atoms with van der Waals surface area (Å²) in [6, 6.07) is 11.2. The second-order valence-corrected chi connectivity index (χ2v) is 7.43.